The first-order valence-electron chi connectivity index (χ1n) is 7.41. The van der Waals surface area contributed by atoms with E-state index >= 15 is 0 Å². The molecule has 0 N–H and O–H groups in total. The Kier molecular flexibility index (Phi) is 5.54. The molecule has 1 aromatic heterocycles. The van der Waals surface area contributed by atoms with E-state index in [0.717, 1.165) is 9.37 Å². The van der Waals surface area contributed by atoms with Crippen LogP contribution in [-0.4, -0.2) is 5.78 Å². The maximum absolute atomic E-state index is 12.4. The van der Waals surface area contributed by atoms with Gasteiger partial charge in [0.15, 0.2) is 5.09 Å². The highest BCUT2D eigenvalue weighted by atomic mass is 79.9. The number of nitrogens with zero attached hydrogens (tertiary/aromatic N) is 1. The van der Waals surface area contributed by atoms with Crippen LogP contribution in [0.1, 0.15) is 16.1 Å². The number of carbonyl (C=O) groups excluding carboxylic acids is 1. The number of halogens is 1. The van der Waals surface area contributed by atoms with Gasteiger partial charge in [0.05, 0.1) is 4.47 Å². The van der Waals surface area contributed by atoms with E-state index < -0.39 is 0 Å². The van der Waals surface area contributed by atoms with Crippen molar-refractivity contribution >= 4 is 39.6 Å². The Labute approximate surface area is 158 Å². The third-order valence-electron chi connectivity index (χ3n) is 3.32. The summed E-state index contributed by atoms with van der Waals surface area (Å²) in [7, 11) is 0. The summed E-state index contributed by atoms with van der Waals surface area (Å²) < 4.78 is 6.55. The second-order valence-corrected chi connectivity index (χ2v) is 6.96. The maximum Gasteiger partial charge on any atom is 0.203 e. The number of Topliss-reactive ketones (excluding diaryl/α,β-unsaturated/α-hetero) is 1. The maximum atomic E-state index is 12.4. The first-order valence-corrected chi connectivity index (χ1v) is 9.02. The lowest BCUT2D eigenvalue weighted by Gasteiger charge is -1.99. The monoisotopic (exact) mass is 409 g/mol. The summed E-state index contributed by atoms with van der Waals surface area (Å²) in [5, 5.41) is 10.0. The van der Waals surface area contributed by atoms with Crippen LogP contribution in [0.3, 0.4) is 0 Å². The van der Waals surface area contributed by atoms with Crippen molar-refractivity contribution in [1.29, 1.82) is 5.26 Å². The van der Waals surface area contributed by atoms with Gasteiger partial charge in [-0.3, -0.25) is 4.79 Å². The first-order chi connectivity index (χ1) is 12.2. The Balaban J connectivity index is 1.86. The SMILES string of the molecule is N#C/C(=C\c1cc(Br)c(Sc2ccccc2)o1)C(=O)c1ccccc1. The van der Waals surface area contributed by atoms with E-state index in [9.17, 15) is 10.1 Å². The van der Waals surface area contributed by atoms with Crippen molar-refractivity contribution in [3.8, 4) is 6.07 Å². The lowest BCUT2D eigenvalue weighted by Crippen LogP contribution is -2.01. The molecule has 0 saturated heterocycles. The zero-order chi connectivity index (χ0) is 17.6. The van der Waals surface area contributed by atoms with Crippen LogP contribution in [-0.2, 0) is 0 Å². The third kappa shape index (κ3) is 4.30. The second kappa shape index (κ2) is 8.02. The number of carbonyl (C=O) groups is 1. The normalized spacial score (nSPS) is 11.1. The molecular weight excluding hydrogens is 398 g/mol. The van der Waals surface area contributed by atoms with E-state index in [-0.39, 0.29) is 11.4 Å². The third-order valence-corrected chi connectivity index (χ3v) is 5.16. The Bertz CT molecular complexity index is 956. The number of benzene rings is 2. The highest BCUT2D eigenvalue weighted by Crippen LogP contribution is 2.36. The van der Waals surface area contributed by atoms with Gasteiger partial charge < -0.3 is 4.42 Å². The van der Waals surface area contributed by atoms with Crippen molar-refractivity contribution in [2.24, 2.45) is 0 Å². The summed E-state index contributed by atoms with van der Waals surface area (Å²) in [6, 6.07) is 22.2. The van der Waals surface area contributed by atoms with Gasteiger partial charge >= 0.3 is 0 Å². The van der Waals surface area contributed by atoms with E-state index in [4.69, 9.17) is 4.42 Å². The predicted octanol–water partition coefficient (Wildman–Crippen LogP) is 5.98. The van der Waals surface area contributed by atoms with Crippen LogP contribution in [0.15, 0.2) is 91.2 Å². The van der Waals surface area contributed by atoms with Crippen LogP contribution in [0, 0.1) is 11.3 Å². The van der Waals surface area contributed by atoms with E-state index in [2.05, 4.69) is 15.9 Å². The van der Waals surface area contributed by atoms with Gasteiger partial charge in [0.25, 0.3) is 0 Å². The number of nitriles is 1. The molecule has 0 unspecified atom stereocenters. The topological polar surface area (TPSA) is 54.0 Å². The Hall–Kier alpha value is -2.55. The fraction of sp³-hybridized carbons (Fsp3) is 0. The van der Waals surface area contributed by atoms with Crippen LogP contribution in [0.25, 0.3) is 6.08 Å². The second-order valence-electron chi connectivity index (χ2n) is 5.06. The standard InChI is InChI=1S/C20H12BrNO2S/c21-18-12-16(24-20(18)25-17-9-5-2-6-10-17)11-15(13-22)19(23)14-7-3-1-4-8-14/h1-12H/b15-11+. The van der Waals surface area contributed by atoms with Crippen LogP contribution in [0.2, 0.25) is 0 Å². The number of furan rings is 1. The zero-order valence-corrected chi connectivity index (χ0v) is 15.4. The molecule has 0 spiro atoms. The molecule has 0 radical (unpaired) electrons. The molecule has 5 heteroatoms. The summed E-state index contributed by atoms with van der Waals surface area (Å²) >= 11 is 4.92. The molecule has 0 fully saturated rings. The molecule has 0 bridgehead atoms. The highest BCUT2D eigenvalue weighted by Gasteiger charge is 2.15. The summed E-state index contributed by atoms with van der Waals surface area (Å²) in [5.74, 6) is 0.124. The lowest BCUT2D eigenvalue weighted by atomic mass is 10.0. The molecule has 0 amide bonds. The van der Waals surface area contributed by atoms with E-state index in [1.807, 2.05) is 42.5 Å². The van der Waals surface area contributed by atoms with Gasteiger partial charge in [0.2, 0.25) is 5.78 Å². The van der Waals surface area contributed by atoms with Gasteiger partial charge in [-0.2, -0.15) is 5.26 Å². The van der Waals surface area contributed by atoms with Gasteiger partial charge in [0, 0.05) is 16.5 Å². The zero-order valence-electron chi connectivity index (χ0n) is 13.0. The van der Waals surface area contributed by atoms with Gasteiger partial charge in [-0.05, 0) is 34.1 Å². The van der Waals surface area contributed by atoms with Crippen LogP contribution in [0.4, 0.5) is 0 Å². The summed E-state index contributed by atoms with van der Waals surface area (Å²) in [6.07, 6.45) is 1.47. The van der Waals surface area contributed by atoms with Crippen molar-refractivity contribution in [3.05, 3.63) is 88.1 Å². The molecule has 0 aliphatic carbocycles. The molecule has 3 rings (SSSR count). The van der Waals surface area contributed by atoms with Crippen LogP contribution in [0.5, 0.6) is 0 Å². The van der Waals surface area contributed by atoms with Crippen molar-refractivity contribution in [2.75, 3.05) is 0 Å². The molecule has 0 atom stereocenters. The molecule has 0 aliphatic heterocycles. The number of ketones is 1. The number of rotatable bonds is 5. The molecule has 0 saturated carbocycles. The van der Waals surface area contributed by atoms with E-state index in [1.54, 1.807) is 30.3 Å². The minimum absolute atomic E-state index is 0.0312. The molecule has 3 aromatic rings. The molecule has 122 valence electrons. The molecule has 1 heterocycles. The molecular formula is C20H12BrNO2S. The fourth-order valence-corrected chi connectivity index (χ4v) is 3.49. The number of hydrogen-bond acceptors (Lipinski definition) is 4. The quantitative estimate of drug-likeness (QED) is 0.295. The van der Waals surface area contributed by atoms with E-state index in [0.29, 0.717) is 16.4 Å². The molecule has 2 aromatic carbocycles. The van der Waals surface area contributed by atoms with Crippen molar-refractivity contribution in [3.63, 3.8) is 0 Å². The smallest absolute Gasteiger partial charge is 0.203 e. The number of allylic oxidation sites excluding steroid dienone is 1. The van der Waals surface area contributed by atoms with Gasteiger partial charge in [-0.25, -0.2) is 0 Å². The molecule has 3 nitrogen and oxygen atoms in total. The molecule has 25 heavy (non-hydrogen) atoms. The minimum Gasteiger partial charge on any atom is -0.449 e. The Morgan fingerprint density at radius 3 is 2.36 bits per heavy atom. The minimum atomic E-state index is -0.326. The number of hydrogen-bond donors (Lipinski definition) is 0. The predicted molar refractivity (Wildman–Crippen MR) is 101 cm³/mol. The van der Waals surface area contributed by atoms with Crippen molar-refractivity contribution in [2.45, 2.75) is 9.99 Å². The van der Waals surface area contributed by atoms with Gasteiger partial charge in [0.1, 0.15) is 17.4 Å². The van der Waals surface area contributed by atoms with Gasteiger partial charge in [-0.15, -0.1) is 0 Å². The van der Waals surface area contributed by atoms with Crippen LogP contribution >= 0.6 is 27.7 Å². The fourth-order valence-electron chi connectivity index (χ4n) is 2.14. The average Bonchev–Trinajstić information content (AvgIpc) is 3.00. The first kappa shape index (κ1) is 17.3. The largest absolute Gasteiger partial charge is 0.449 e. The molecule has 0 aliphatic rings. The summed E-state index contributed by atoms with van der Waals surface area (Å²) in [5.41, 5.74) is 0.503. The average molecular weight is 410 g/mol. The Morgan fingerprint density at radius 2 is 1.72 bits per heavy atom. The van der Waals surface area contributed by atoms with Gasteiger partial charge in [-0.1, -0.05) is 60.3 Å². The highest BCUT2D eigenvalue weighted by molar-refractivity contribution is 9.10. The van der Waals surface area contributed by atoms with Crippen molar-refractivity contribution in [1.82, 2.24) is 0 Å². The van der Waals surface area contributed by atoms with Crippen LogP contribution < -0.4 is 0 Å². The Morgan fingerprint density at radius 1 is 1.08 bits per heavy atom. The van der Waals surface area contributed by atoms with Crippen molar-refractivity contribution < 1.29 is 9.21 Å². The van der Waals surface area contributed by atoms with E-state index in [1.165, 1.54) is 17.8 Å². The summed E-state index contributed by atoms with van der Waals surface area (Å²) in [6.45, 7) is 0. The lowest BCUT2D eigenvalue weighted by molar-refractivity contribution is 0.104. The summed E-state index contributed by atoms with van der Waals surface area (Å²) in [4.78, 5) is 13.4.